The first kappa shape index (κ1) is 31.6. The molecule has 1 heterocycles. The molecule has 6 heteroatoms. The van der Waals surface area contributed by atoms with E-state index in [-0.39, 0.29) is 16.6 Å². The van der Waals surface area contributed by atoms with Gasteiger partial charge in [0.25, 0.3) is 0 Å². The van der Waals surface area contributed by atoms with Crippen molar-refractivity contribution in [1.82, 2.24) is 0 Å². The maximum atomic E-state index is 16.5. The molecule has 5 aromatic rings. The zero-order chi connectivity index (χ0) is 34.5. The highest BCUT2D eigenvalue weighted by Gasteiger charge is 2.56. The molecule has 0 amide bonds. The summed E-state index contributed by atoms with van der Waals surface area (Å²) in [7, 11) is 3.23. The van der Waals surface area contributed by atoms with Crippen LogP contribution in [0.25, 0.3) is 28.0 Å². The van der Waals surface area contributed by atoms with Crippen LogP contribution < -0.4 is 14.2 Å². The molecule has 0 bridgehead atoms. The van der Waals surface area contributed by atoms with Crippen LogP contribution in [0.3, 0.4) is 0 Å². The van der Waals surface area contributed by atoms with Crippen molar-refractivity contribution in [3.8, 4) is 28.4 Å². The van der Waals surface area contributed by atoms with Gasteiger partial charge in [-0.3, -0.25) is 0 Å². The predicted molar refractivity (Wildman–Crippen MR) is 188 cm³/mol. The highest BCUT2D eigenvalue weighted by atomic mass is 19.1. The van der Waals surface area contributed by atoms with Gasteiger partial charge in [-0.05, 0) is 107 Å². The molecule has 8 rings (SSSR count). The lowest BCUT2D eigenvalue weighted by Gasteiger charge is -2.52. The Morgan fingerprint density at radius 3 is 1.88 bits per heavy atom. The van der Waals surface area contributed by atoms with Crippen molar-refractivity contribution < 1.29 is 27.4 Å². The van der Waals surface area contributed by atoms with E-state index in [0.29, 0.717) is 41.2 Å². The SMILES string of the molecule is COc1ccc(C2(c3ccc(F)cc3)C=Cc3c4c(c5ccc(OC)cc5c3O2)-c2cc(F)cc(F)c2C42CC(C)(C)CC(C)(C)C2)cc1. The summed E-state index contributed by atoms with van der Waals surface area (Å²) >= 11 is 0. The van der Waals surface area contributed by atoms with E-state index >= 15 is 8.78 Å². The first-order valence-electron chi connectivity index (χ1n) is 16.8. The van der Waals surface area contributed by atoms with Gasteiger partial charge in [-0.2, -0.15) is 0 Å². The van der Waals surface area contributed by atoms with Gasteiger partial charge in [0.15, 0.2) is 5.60 Å². The summed E-state index contributed by atoms with van der Waals surface area (Å²) in [5, 5.41) is 1.59. The number of halogens is 3. The Morgan fingerprint density at radius 2 is 1.24 bits per heavy atom. The molecular formula is C43H39F3O3. The third kappa shape index (κ3) is 4.70. The van der Waals surface area contributed by atoms with E-state index in [1.807, 2.05) is 48.5 Å². The zero-order valence-electron chi connectivity index (χ0n) is 28.6. The second-order valence-corrected chi connectivity index (χ2v) is 15.6. The van der Waals surface area contributed by atoms with E-state index in [1.165, 1.54) is 18.2 Å². The van der Waals surface area contributed by atoms with Crippen LogP contribution in [-0.2, 0) is 11.0 Å². The quantitative estimate of drug-likeness (QED) is 0.192. The molecule has 3 nitrogen and oxygen atoms in total. The average molecular weight is 661 g/mol. The summed E-state index contributed by atoms with van der Waals surface area (Å²) < 4.78 is 64.6. The topological polar surface area (TPSA) is 27.7 Å². The lowest BCUT2D eigenvalue weighted by Crippen LogP contribution is -2.45. The monoisotopic (exact) mass is 660 g/mol. The van der Waals surface area contributed by atoms with E-state index in [2.05, 4.69) is 33.8 Å². The molecule has 1 fully saturated rings. The fourth-order valence-corrected chi connectivity index (χ4v) is 9.89. The Bertz CT molecular complexity index is 2160. The van der Waals surface area contributed by atoms with Crippen LogP contribution in [-0.4, -0.2) is 14.2 Å². The van der Waals surface area contributed by atoms with Gasteiger partial charge in [0, 0.05) is 39.1 Å². The van der Waals surface area contributed by atoms with Crippen LogP contribution >= 0.6 is 0 Å². The van der Waals surface area contributed by atoms with Gasteiger partial charge in [0.1, 0.15) is 34.7 Å². The van der Waals surface area contributed by atoms with Crippen molar-refractivity contribution in [2.45, 2.75) is 58.0 Å². The van der Waals surface area contributed by atoms with E-state index in [4.69, 9.17) is 14.2 Å². The van der Waals surface area contributed by atoms with Gasteiger partial charge in [0.05, 0.1) is 14.2 Å². The summed E-state index contributed by atoms with van der Waals surface area (Å²) in [4.78, 5) is 0. The van der Waals surface area contributed by atoms with E-state index in [9.17, 15) is 4.39 Å². The van der Waals surface area contributed by atoms with Crippen molar-refractivity contribution in [3.63, 3.8) is 0 Å². The number of rotatable bonds is 4. The summed E-state index contributed by atoms with van der Waals surface area (Å²) in [5.74, 6) is 0.470. The summed E-state index contributed by atoms with van der Waals surface area (Å²) in [6.45, 7) is 9.01. The van der Waals surface area contributed by atoms with Crippen LogP contribution in [0.5, 0.6) is 17.2 Å². The molecule has 0 aromatic heterocycles. The first-order valence-corrected chi connectivity index (χ1v) is 16.8. The third-order valence-electron chi connectivity index (χ3n) is 10.8. The molecule has 1 spiro atoms. The van der Waals surface area contributed by atoms with Crippen molar-refractivity contribution in [3.05, 3.63) is 130 Å². The van der Waals surface area contributed by atoms with Crippen molar-refractivity contribution >= 4 is 16.8 Å². The lowest BCUT2D eigenvalue weighted by atomic mass is 9.52. The van der Waals surface area contributed by atoms with Crippen molar-refractivity contribution in [1.29, 1.82) is 0 Å². The predicted octanol–water partition coefficient (Wildman–Crippen LogP) is 11.1. The number of benzene rings is 5. The molecule has 1 aliphatic heterocycles. The number of ether oxygens (including phenoxy) is 3. The molecule has 0 N–H and O–H groups in total. The van der Waals surface area contributed by atoms with Crippen LogP contribution in [0, 0.1) is 28.3 Å². The van der Waals surface area contributed by atoms with Gasteiger partial charge < -0.3 is 14.2 Å². The van der Waals surface area contributed by atoms with Gasteiger partial charge in [-0.1, -0.05) is 58.0 Å². The minimum Gasteiger partial charge on any atom is -0.497 e. The van der Waals surface area contributed by atoms with Gasteiger partial charge >= 0.3 is 0 Å². The highest BCUT2D eigenvalue weighted by molar-refractivity contribution is 6.09. The lowest BCUT2D eigenvalue weighted by molar-refractivity contribution is 0.0627. The first-order chi connectivity index (χ1) is 23.3. The van der Waals surface area contributed by atoms with E-state index in [0.717, 1.165) is 51.1 Å². The summed E-state index contributed by atoms with van der Waals surface area (Å²) in [5.41, 5.74) is 3.22. The van der Waals surface area contributed by atoms with Crippen molar-refractivity contribution in [2.24, 2.45) is 10.8 Å². The molecule has 49 heavy (non-hydrogen) atoms. The molecule has 1 unspecified atom stereocenters. The molecule has 1 saturated carbocycles. The molecule has 250 valence electrons. The van der Waals surface area contributed by atoms with Gasteiger partial charge in [-0.15, -0.1) is 0 Å². The molecule has 0 saturated heterocycles. The van der Waals surface area contributed by atoms with Crippen LogP contribution in [0.15, 0.2) is 84.9 Å². The number of hydrogen-bond acceptors (Lipinski definition) is 3. The minimum absolute atomic E-state index is 0.136. The summed E-state index contributed by atoms with van der Waals surface area (Å²) in [6, 6.07) is 22.4. The molecule has 0 radical (unpaired) electrons. The molecule has 1 atom stereocenters. The van der Waals surface area contributed by atoms with Gasteiger partial charge in [0.2, 0.25) is 0 Å². The number of hydrogen-bond donors (Lipinski definition) is 0. The third-order valence-corrected chi connectivity index (χ3v) is 10.8. The maximum Gasteiger partial charge on any atom is 0.178 e. The number of methoxy groups -OCH3 is 2. The van der Waals surface area contributed by atoms with Crippen molar-refractivity contribution in [2.75, 3.05) is 14.2 Å². The Kier molecular flexibility index (Phi) is 6.85. The Balaban J connectivity index is 1.50. The zero-order valence-corrected chi connectivity index (χ0v) is 28.6. The smallest absolute Gasteiger partial charge is 0.178 e. The maximum absolute atomic E-state index is 16.5. The molecule has 5 aromatic carbocycles. The number of fused-ring (bicyclic) bond motifs is 10. The second-order valence-electron chi connectivity index (χ2n) is 15.6. The fourth-order valence-electron chi connectivity index (χ4n) is 9.89. The van der Waals surface area contributed by atoms with E-state index < -0.39 is 22.7 Å². The fraction of sp³-hybridized carbons (Fsp3) is 0.302. The normalized spacial score (nSPS) is 20.8. The molecule has 2 aliphatic carbocycles. The van der Waals surface area contributed by atoms with E-state index in [1.54, 1.807) is 26.4 Å². The van der Waals surface area contributed by atoms with Crippen LogP contribution in [0.2, 0.25) is 0 Å². The second kappa shape index (κ2) is 10.6. The largest absolute Gasteiger partial charge is 0.497 e. The molecular weight excluding hydrogens is 621 g/mol. The molecule has 3 aliphatic rings. The average Bonchev–Trinajstić information content (AvgIpc) is 3.31. The Labute approximate surface area is 285 Å². The van der Waals surface area contributed by atoms with Crippen LogP contribution in [0.4, 0.5) is 13.2 Å². The van der Waals surface area contributed by atoms with Crippen LogP contribution in [0.1, 0.15) is 74.8 Å². The minimum atomic E-state index is -1.14. The Morgan fingerprint density at radius 1 is 0.633 bits per heavy atom. The summed E-state index contributed by atoms with van der Waals surface area (Å²) in [6.07, 6.45) is 6.45. The Hall–Kier alpha value is -4.71. The highest BCUT2D eigenvalue weighted by Crippen LogP contribution is 2.67. The standard InChI is InChI=1S/C43H39F3O3/c1-40(2)22-41(3,4)24-42(23-40)37-34(19-28(45)20-35(37)46)36-31-16-15-30(48-6)21-33(31)39-32(38(36)42)17-18-43(49-39,25-7-11-27(44)12-8-25)26-9-13-29(47-5)14-10-26/h7-21H,22-24H2,1-6H3. The van der Waals surface area contributed by atoms with Gasteiger partial charge in [-0.25, -0.2) is 13.2 Å².